The summed E-state index contributed by atoms with van der Waals surface area (Å²) < 4.78 is 26.9. The monoisotopic (exact) mass is 359 g/mol. The van der Waals surface area contributed by atoms with Crippen molar-refractivity contribution in [3.63, 3.8) is 0 Å². The second-order valence-electron chi connectivity index (χ2n) is 5.36. The minimum absolute atomic E-state index is 0.108. The summed E-state index contributed by atoms with van der Waals surface area (Å²) in [5, 5.41) is 3.04. The third kappa shape index (κ3) is 4.16. The van der Waals surface area contributed by atoms with E-state index in [9.17, 15) is 13.6 Å². The molecule has 0 saturated heterocycles. The molecule has 3 rings (SSSR count). The van der Waals surface area contributed by atoms with E-state index in [0.29, 0.717) is 27.7 Å². The van der Waals surface area contributed by atoms with Crippen LogP contribution in [0.5, 0.6) is 0 Å². The van der Waals surface area contributed by atoms with Gasteiger partial charge in [0, 0.05) is 18.0 Å². The van der Waals surface area contributed by atoms with Crippen molar-refractivity contribution in [2.75, 3.05) is 5.32 Å². The van der Waals surface area contributed by atoms with Crippen LogP contribution in [0.4, 0.5) is 14.6 Å². The van der Waals surface area contributed by atoms with Gasteiger partial charge in [-0.2, -0.15) is 0 Å². The predicted molar refractivity (Wildman–Crippen MR) is 91.5 cm³/mol. The molecule has 0 aliphatic rings. The van der Waals surface area contributed by atoms with Crippen LogP contribution in [-0.4, -0.2) is 15.9 Å². The minimum Gasteiger partial charge on any atom is -0.305 e. The summed E-state index contributed by atoms with van der Waals surface area (Å²) in [4.78, 5) is 20.5. The smallest absolute Gasteiger partial charge is 0.275 e. The van der Waals surface area contributed by atoms with E-state index < -0.39 is 17.5 Å². The van der Waals surface area contributed by atoms with Crippen molar-refractivity contribution in [3.05, 3.63) is 76.7 Å². The second kappa shape index (κ2) is 6.94. The van der Waals surface area contributed by atoms with Crippen molar-refractivity contribution in [2.45, 2.75) is 6.92 Å². The van der Waals surface area contributed by atoms with Crippen LogP contribution in [-0.2, 0) is 0 Å². The Kier molecular flexibility index (Phi) is 4.72. The highest BCUT2D eigenvalue weighted by Gasteiger charge is 2.12. The number of hydrogen-bond donors (Lipinski definition) is 1. The van der Waals surface area contributed by atoms with Crippen LogP contribution >= 0.6 is 11.6 Å². The topological polar surface area (TPSA) is 54.9 Å². The van der Waals surface area contributed by atoms with Gasteiger partial charge < -0.3 is 5.32 Å². The Bertz CT molecular complexity index is 925. The lowest BCUT2D eigenvalue weighted by molar-refractivity contribution is 0.102. The Morgan fingerprint density at radius 1 is 1.04 bits per heavy atom. The highest BCUT2D eigenvalue weighted by atomic mass is 35.5. The molecule has 0 bridgehead atoms. The first kappa shape index (κ1) is 17.0. The average molecular weight is 360 g/mol. The first-order valence-corrected chi connectivity index (χ1v) is 7.66. The molecule has 4 nitrogen and oxygen atoms in total. The molecule has 3 aromatic rings. The van der Waals surface area contributed by atoms with Gasteiger partial charge in [0.05, 0.1) is 5.02 Å². The van der Waals surface area contributed by atoms with E-state index in [4.69, 9.17) is 11.6 Å². The highest BCUT2D eigenvalue weighted by molar-refractivity contribution is 6.30. The Morgan fingerprint density at radius 2 is 1.72 bits per heavy atom. The van der Waals surface area contributed by atoms with Gasteiger partial charge in [-0.1, -0.05) is 11.6 Å². The number of anilines is 1. The molecular formula is C18H12ClF2N3O. The number of aryl methyl sites for hydroxylation is 1. The number of nitrogens with zero attached hydrogens (tertiary/aromatic N) is 2. The molecule has 0 spiro atoms. The second-order valence-corrected chi connectivity index (χ2v) is 5.79. The number of amides is 1. The molecule has 0 unspecified atom stereocenters. The first-order chi connectivity index (χ1) is 11.9. The summed E-state index contributed by atoms with van der Waals surface area (Å²) in [7, 11) is 0. The van der Waals surface area contributed by atoms with E-state index in [2.05, 4.69) is 15.3 Å². The molecule has 1 aromatic carbocycles. The van der Waals surface area contributed by atoms with Crippen molar-refractivity contribution in [1.82, 2.24) is 9.97 Å². The van der Waals surface area contributed by atoms with Gasteiger partial charge in [0.1, 0.15) is 23.1 Å². The molecule has 126 valence electrons. The molecule has 0 fully saturated rings. The molecule has 7 heteroatoms. The van der Waals surface area contributed by atoms with Crippen LogP contribution in [0.1, 0.15) is 16.2 Å². The number of carbonyl (C=O) groups excluding carboxylic acids is 1. The van der Waals surface area contributed by atoms with Crippen molar-refractivity contribution in [1.29, 1.82) is 0 Å². The summed E-state index contributed by atoms with van der Waals surface area (Å²) >= 11 is 5.75. The largest absolute Gasteiger partial charge is 0.305 e. The third-order valence-electron chi connectivity index (χ3n) is 3.35. The lowest BCUT2D eigenvalue weighted by atomic mass is 10.0. The fourth-order valence-corrected chi connectivity index (χ4v) is 2.41. The molecule has 1 N–H and O–H groups in total. The zero-order chi connectivity index (χ0) is 18.0. The van der Waals surface area contributed by atoms with Gasteiger partial charge in [-0.3, -0.25) is 4.79 Å². The maximum absolute atomic E-state index is 13.4. The maximum Gasteiger partial charge on any atom is 0.275 e. The number of rotatable bonds is 3. The zero-order valence-corrected chi connectivity index (χ0v) is 13.8. The Balaban J connectivity index is 1.93. The number of aromatic nitrogens is 2. The number of pyridine rings is 2. The van der Waals surface area contributed by atoms with E-state index in [0.717, 1.165) is 6.07 Å². The fourth-order valence-electron chi connectivity index (χ4n) is 2.30. The number of halogens is 3. The molecule has 2 heterocycles. The van der Waals surface area contributed by atoms with Crippen molar-refractivity contribution >= 4 is 23.3 Å². The molecule has 2 aromatic heterocycles. The lowest BCUT2D eigenvalue weighted by Crippen LogP contribution is -2.15. The number of nitrogens with one attached hydrogen (secondary N) is 1. The van der Waals surface area contributed by atoms with Crippen molar-refractivity contribution in [3.8, 4) is 11.1 Å². The summed E-state index contributed by atoms with van der Waals surface area (Å²) in [6.45, 7) is 1.69. The standard InChI is InChI=1S/C18H12ClF2N3O/c1-10-4-11(12-5-14(20)8-15(21)6-12)7-16(23-10)18(25)24-17-3-2-13(19)9-22-17/h2-9H,1H3,(H,22,24,25). The van der Waals surface area contributed by atoms with Gasteiger partial charge in [0.15, 0.2) is 0 Å². The van der Waals surface area contributed by atoms with E-state index in [1.54, 1.807) is 25.1 Å². The van der Waals surface area contributed by atoms with Crippen molar-refractivity contribution < 1.29 is 13.6 Å². The normalized spacial score (nSPS) is 10.6. The molecule has 0 saturated carbocycles. The first-order valence-electron chi connectivity index (χ1n) is 7.29. The Morgan fingerprint density at radius 3 is 2.36 bits per heavy atom. The van der Waals surface area contributed by atoms with Crippen LogP contribution in [0.3, 0.4) is 0 Å². The van der Waals surface area contributed by atoms with Crippen LogP contribution < -0.4 is 5.32 Å². The van der Waals surface area contributed by atoms with Gasteiger partial charge >= 0.3 is 0 Å². The maximum atomic E-state index is 13.4. The molecule has 0 aliphatic heterocycles. The van der Waals surface area contributed by atoms with Gasteiger partial charge in [0.25, 0.3) is 5.91 Å². The molecule has 25 heavy (non-hydrogen) atoms. The fraction of sp³-hybridized carbons (Fsp3) is 0.0556. The third-order valence-corrected chi connectivity index (χ3v) is 3.57. The SMILES string of the molecule is Cc1cc(-c2cc(F)cc(F)c2)cc(C(=O)Nc2ccc(Cl)cn2)n1. The quantitative estimate of drug-likeness (QED) is 0.741. The Labute approximate surface area is 147 Å². The molecule has 0 atom stereocenters. The Hall–Kier alpha value is -2.86. The van der Waals surface area contributed by atoms with E-state index in [-0.39, 0.29) is 5.69 Å². The van der Waals surface area contributed by atoms with Gasteiger partial charge in [-0.05, 0) is 54.4 Å². The number of hydrogen-bond acceptors (Lipinski definition) is 3. The van der Waals surface area contributed by atoms with Crippen LogP contribution in [0.25, 0.3) is 11.1 Å². The predicted octanol–water partition coefficient (Wildman–Crippen LogP) is 4.64. The average Bonchev–Trinajstić information content (AvgIpc) is 2.55. The molecule has 1 amide bonds. The van der Waals surface area contributed by atoms with Crippen LogP contribution in [0, 0.1) is 18.6 Å². The minimum atomic E-state index is -0.694. The zero-order valence-electron chi connectivity index (χ0n) is 13.1. The molecule has 0 radical (unpaired) electrons. The van der Waals surface area contributed by atoms with E-state index >= 15 is 0 Å². The lowest BCUT2D eigenvalue weighted by Gasteiger charge is -2.08. The van der Waals surface area contributed by atoms with Crippen LogP contribution in [0.15, 0.2) is 48.7 Å². The molecular weight excluding hydrogens is 348 g/mol. The summed E-state index contributed by atoms with van der Waals surface area (Å²) in [6.07, 6.45) is 1.40. The van der Waals surface area contributed by atoms with Gasteiger partial charge in [-0.25, -0.2) is 18.7 Å². The van der Waals surface area contributed by atoms with E-state index in [1.807, 2.05) is 0 Å². The summed E-state index contributed by atoms with van der Waals surface area (Å²) in [5.41, 5.74) is 1.45. The van der Waals surface area contributed by atoms with Gasteiger partial charge in [0.2, 0.25) is 0 Å². The summed E-state index contributed by atoms with van der Waals surface area (Å²) in [6, 6.07) is 9.43. The van der Waals surface area contributed by atoms with E-state index in [1.165, 1.54) is 24.4 Å². The number of carbonyl (C=O) groups is 1. The van der Waals surface area contributed by atoms with Crippen LogP contribution in [0.2, 0.25) is 5.02 Å². The highest BCUT2D eigenvalue weighted by Crippen LogP contribution is 2.23. The summed E-state index contributed by atoms with van der Waals surface area (Å²) in [5.74, 6) is -1.56. The number of benzene rings is 1. The molecule has 0 aliphatic carbocycles. The van der Waals surface area contributed by atoms with Crippen molar-refractivity contribution in [2.24, 2.45) is 0 Å². The van der Waals surface area contributed by atoms with Gasteiger partial charge in [-0.15, -0.1) is 0 Å².